The van der Waals surface area contributed by atoms with E-state index in [1.54, 1.807) is 36.4 Å². The van der Waals surface area contributed by atoms with Gasteiger partial charge in [0.25, 0.3) is 10.0 Å². The number of para-hydroxylation sites is 2. The van der Waals surface area contributed by atoms with E-state index in [-0.39, 0.29) is 35.4 Å². The highest BCUT2D eigenvalue weighted by Crippen LogP contribution is 2.33. The number of methoxy groups -OCH3 is 1. The highest BCUT2D eigenvalue weighted by Gasteiger charge is 2.35. The predicted octanol–water partition coefficient (Wildman–Crippen LogP) is 5.92. The molecule has 2 amide bonds. The number of carbonyl (C=O) groups excluding carboxylic acids is 2. The third kappa shape index (κ3) is 8.75. The zero-order valence-electron chi connectivity index (χ0n) is 27.1. The third-order valence-electron chi connectivity index (χ3n) is 7.63. The SMILES string of the molecule is COc1ccccc1N(CC(=O)N(Cc1cccc(C)c1)[C@H](Cc1ccccc1)C(=O)NCC(C)C)S(=O)(=O)c1ccc(C)cc1. The fraction of sp³-hybridized carbons (Fsp3) is 0.297. The van der Waals surface area contributed by atoms with E-state index in [1.165, 1.54) is 24.1 Å². The molecule has 0 unspecified atom stereocenters. The van der Waals surface area contributed by atoms with E-state index in [0.29, 0.717) is 12.3 Å². The van der Waals surface area contributed by atoms with Crippen LogP contribution >= 0.6 is 0 Å². The number of sulfonamides is 1. The smallest absolute Gasteiger partial charge is 0.264 e. The van der Waals surface area contributed by atoms with Crippen LogP contribution in [-0.4, -0.2) is 51.4 Å². The fourth-order valence-corrected chi connectivity index (χ4v) is 6.59. The lowest BCUT2D eigenvalue weighted by Gasteiger charge is -2.34. The highest BCUT2D eigenvalue weighted by atomic mass is 32.2. The van der Waals surface area contributed by atoms with Crippen LogP contribution in [0.25, 0.3) is 0 Å². The number of hydrogen-bond acceptors (Lipinski definition) is 5. The van der Waals surface area contributed by atoms with Crippen molar-refractivity contribution in [2.24, 2.45) is 5.92 Å². The maximum atomic E-state index is 14.6. The van der Waals surface area contributed by atoms with Gasteiger partial charge in [0.05, 0.1) is 17.7 Å². The van der Waals surface area contributed by atoms with Gasteiger partial charge in [-0.05, 0) is 55.2 Å². The van der Waals surface area contributed by atoms with Gasteiger partial charge in [0.1, 0.15) is 18.3 Å². The molecule has 0 aliphatic carbocycles. The molecule has 0 bridgehead atoms. The Kier molecular flexibility index (Phi) is 11.6. The summed E-state index contributed by atoms with van der Waals surface area (Å²) in [6, 6.07) is 29.5. The van der Waals surface area contributed by atoms with E-state index in [4.69, 9.17) is 4.74 Å². The summed E-state index contributed by atoms with van der Waals surface area (Å²) in [5.74, 6) is -0.331. The van der Waals surface area contributed by atoms with Gasteiger partial charge in [0.2, 0.25) is 11.8 Å². The second-order valence-corrected chi connectivity index (χ2v) is 13.7. The molecule has 242 valence electrons. The van der Waals surface area contributed by atoms with Gasteiger partial charge in [-0.3, -0.25) is 13.9 Å². The molecule has 0 saturated carbocycles. The number of hydrogen-bond donors (Lipinski definition) is 1. The molecule has 46 heavy (non-hydrogen) atoms. The number of nitrogens with zero attached hydrogens (tertiary/aromatic N) is 2. The highest BCUT2D eigenvalue weighted by molar-refractivity contribution is 7.92. The summed E-state index contributed by atoms with van der Waals surface area (Å²) < 4.78 is 35.2. The summed E-state index contributed by atoms with van der Waals surface area (Å²) in [5, 5.41) is 3.01. The quantitative estimate of drug-likeness (QED) is 0.185. The number of anilines is 1. The average Bonchev–Trinajstić information content (AvgIpc) is 3.04. The van der Waals surface area contributed by atoms with Gasteiger partial charge >= 0.3 is 0 Å². The zero-order chi connectivity index (χ0) is 33.3. The molecule has 8 nitrogen and oxygen atoms in total. The standard InChI is InChI=1S/C37H43N3O5S/c1-27(2)24-38-37(42)34(23-30-13-7-6-8-14-30)39(25-31-15-11-12-29(4)22-31)36(41)26-40(33-16-9-10-17-35(33)45-5)46(43,44)32-20-18-28(3)19-21-32/h6-22,27,34H,23-26H2,1-5H3,(H,38,42)/t34-/m1/s1. The van der Waals surface area contributed by atoms with Crippen molar-refractivity contribution in [3.05, 3.63) is 125 Å². The first-order chi connectivity index (χ1) is 22.0. The normalized spacial score (nSPS) is 12.0. The molecule has 0 aromatic heterocycles. The van der Waals surface area contributed by atoms with E-state index >= 15 is 0 Å². The molecule has 9 heteroatoms. The minimum atomic E-state index is -4.23. The molecule has 1 atom stereocenters. The van der Waals surface area contributed by atoms with Crippen LogP contribution in [-0.2, 0) is 32.6 Å². The molecule has 0 radical (unpaired) electrons. The number of nitrogens with one attached hydrogen (secondary N) is 1. The number of benzene rings is 4. The van der Waals surface area contributed by atoms with Crippen LogP contribution in [0, 0.1) is 19.8 Å². The molecule has 4 rings (SSSR count). The van der Waals surface area contributed by atoms with Gasteiger partial charge in [-0.25, -0.2) is 8.42 Å². The summed E-state index contributed by atoms with van der Waals surface area (Å²) in [7, 11) is -2.78. The number of carbonyl (C=O) groups is 2. The van der Waals surface area contributed by atoms with Crippen molar-refractivity contribution in [3.8, 4) is 5.75 Å². The molecule has 4 aromatic carbocycles. The van der Waals surface area contributed by atoms with E-state index in [2.05, 4.69) is 5.32 Å². The van der Waals surface area contributed by atoms with Crippen molar-refractivity contribution < 1.29 is 22.7 Å². The van der Waals surface area contributed by atoms with Crippen LogP contribution in [0.5, 0.6) is 5.75 Å². The maximum Gasteiger partial charge on any atom is 0.264 e. The summed E-state index contributed by atoms with van der Waals surface area (Å²) in [6.45, 7) is 7.84. The summed E-state index contributed by atoms with van der Waals surface area (Å²) >= 11 is 0. The molecule has 0 spiro atoms. The van der Waals surface area contributed by atoms with Gasteiger partial charge in [-0.1, -0.05) is 104 Å². The van der Waals surface area contributed by atoms with Crippen LogP contribution < -0.4 is 14.4 Å². The largest absolute Gasteiger partial charge is 0.495 e. The molecular weight excluding hydrogens is 598 g/mol. The molecule has 4 aromatic rings. The van der Waals surface area contributed by atoms with Crippen molar-refractivity contribution in [2.45, 2.75) is 51.6 Å². The minimum absolute atomic E-state index is 0.0394. The second kappa shape index (κ2) is 15.6. The number of ether oxygens (including phenoxy) is 1. The van der Waals surface area contributed by atoms with Crippen molar-refractivity contribution in [3.63, 3.8) is 0 Å². The van der Waals surface area contributed by atoms with Gasteiger partial charge < -0.3 is 15.0 Å². The van der Waals surface area contributed by atoms with E-state index in [9.17, 15) is 18.0 Å². The average molecular weight is 642 g/mol. The molecular formula is C37H43N3O5S. The van der Waals surface area contributed by atoms with Crippen molar-refractivity contribution >= 4 is 27.5 Å². The topological polar surface area (TPSA) is 96.0 Å². The predicted molar refractivity (Wildman–Crippen MR) is 182 cm³/mol. The summed E-state index contributed by atoms with van der Waals surface area (Å²) in [5.41, 5.74) is 3.83. The van der Waals surface area contributed by atoms with E-state index in [1.807, 2.05) is 82.3 Å². The third-order valence-corrected chi connectivity index (χ3v) is 9.41. The van der Waals surface area contributed by atoms with Gasteiger partial charge in [-0.2, -0.15) is 0 Å². The lowest BCUT2D eigenvalue weighted by molar-refractivity contribution is -0.140. The summed E-state index contributed by atoms with van der Waals surface area (Å²) in [6.07, 6.45) is 0.252. The Hall–Kier alpha value is -4.63. The van der Waals surface area contributed by atoms with Crippen LogP contribution in [0.1, 0.15) is 36.1 Å². The molecule has 0 heterocycles. The molecule has 1 N–H and O–H groups in total. The van der Waals surface area contributed by atoms with Crippen LogP contribution in [0.3, 0.4) is 0 Å². The molecule has 0 fully saturated rings. The molecule has 0 aliphatic rings. The minimum Gasteiger partial charge on any atom is -0.495 e. The van der Waals surface area contributed by atoms with Crippen LogP contribution in [0.4, 0.5) is 5.69 Å². The Morgan fingerprint density at radius 1 is 0.804 bits per heavy atom. The second-order valence-electron chi connectivity index (χ2n) is 11.9. The van der Waals surface area contributed by atoms with Gasteiger partial charge in [-0.15, -0.1) is 0 Å². The van der Waals surface area contributed by atoms with E-state index in [0.717, 1.165) is 26.6 Å². The van der Waals surface area contributed by atoms with Crippen molar-refractivity contribution in [1.29, 1.82) is 0 Å². The first-order valence-electron chi connectivity index (χ1n) is 15.4. The Morgan fingerprint density at radius 3 is 2.11 bits per heavy atom. The Labute approximate surface area is 273 Å². The lowest BCUT2D eigenvalue weighted by Crippen LogP contribution is -2.53. The van der Waals surface area contributed by atoms with Crippen LogP contribution in [0.15, 0.2) is 108 Å². The maximum absolute atomic E-state index is 14.6. The first-order valence-corrected chi connectivity index (χ1v) is 16.8. The summed E-state index contributed by atoms with van der Waals surface area (Å²) in [4.78, 5) is 30.1. The van der Waals surface area contributed by atoms with Gasteiger partial charge in [0, 0.05) is 19.5 Å². The lowest BCUT2D eigenvalue weighted by atomic mass is 10.0. The van der Waals surface area contributed by atoms with Gasteiger partial charge in [0.15, 0.2) is 0 Å². The number of aryl methyl sites for hydroxylation is 2. The Bertz CT molecular complexity index is 1720. The monoisotopic (exact) mass is 641 g/mol. The zero-order valence-corrected chi connectivity index (χ0v) is 28.0. The first kappa shape index (κ1) is 34.2. The Morgan fingerprint density at radius 2 is 1.46 bits per heavy atom. The fourth-order valence-electron chi connectivity index (χ4n) is 5.17. The number of amides is 2. The number of rotatable bonds is 14. The van der Waals surface area contributed by atoms with Crippen molar-refractivity contribution in [1.82, 2.24) is 10.2 Å². The van der Waals surface area contributed by atoms with Crippen LogP contribution in [0.2, 0.25) is 0 Å². The Balaban J connectivity index is 1.83. The molecule has 0 aliphatic heterocycles. The van der Waals surface area contributed by atoms with Crippen molar-refractivity contribution in [2.75, 3.05) is 24.5 Å². The van der Waals surface area contributed by atoms with E-state index < -0.39 is 28.5 Å². The molecule has 0 saturated heterocycles.